The second kappa shape index (κ2) is 2.74. The Hall–Kier alpha value is 0.310. The van der Waals surface area contributed by atoms with Crippen LogP contribution in [-0.2, 0) is 0 Å². The summed E-state index contributed by atoms with van der Waals surface area (Å²) in [6.45, 7) is 2.19. The van der Waals surface area contributed by atoms with Crippen molar-refractivity contribution in [3.05, 3.63) is 0 Å². The molecule has 1 saturated carbocycles. The minimum absolute atomic E-state index is 0.550. The van der Waals surface area contributed by atoms with Crippen molar-refractivity contribution in [2.75, 3.05) is 11.5 Å². The van der Waals surface area contributed by atoms with E-state index < -0.39 is 0 Å². The van der Waals surface area contributed by atoms with E-state index in [1.165, 1.54) is 17.9 Å². The number of hydrogen-bond donors (Lipinski definition) is 1. The minimum atomic E-state index is 0.550. The number of nitrogens with two attached hydrogens (primary N) is 1. The van der Waals surface area contributed by atoms with Gasteiger partial charge in [0, 0.05) is 6.04 Å². The Morgan fingerprint density at radius 1 is 1.75 bits per heavy atom. The zero-order valence-corrected chi connectivity index (χ0v) is 6.08. The molecule has 1 fully saturated rings. The molecule has 0 saturated heterocycles. The van der Waals surface area contributed by atoms with Crippen LogP contribution in [-0.4, -0.2) is 17.5 Å². The molecule has 1 aliphatic carbocycles. The van der Waals surface area contributed by atoms with Crippen molar-refractivity contribution < 1.29 is 0 Å². The maximum Gasteiger partial charge on any atom is 0.00791 e. The third kappa shape index (κ3) is 1.67. The molecule has 2 heteroatoms. The molecule has 0 aromatic carbocycles. The normalized spacial score (nSPS) is 35.2. The molecular formula is C6H13NS. The van der Waals surface area contributed by atoms with Crippen molar-refractivity contribution in [1.82, 2.24) is 0 Å². The zero-order valence-electron chi connectivity index (χ0n) is 5.26. The molecule has 0 radical (unpaired) electrons. The molecule has 0 amide bonds. The summed E-state index contributed by atoms with van der Waals surface area (Å²) in [5.74, 6) is 3.39. The number of rotatable bonds is 3. The Labute approximate surface area is 55.0 Å². The first-order valence-corrected chi connectivity index (χ1v) is 4.33. The lowest BCUT2D eigenvalue weighted by Gasteiger charge is -1.91. The predicted molar refractivity (Wildman–Crippen MR) is 39.1 cm³/mol. The van der Waals surface area contributed by atoms with E-state index in [9.17, 15) is 0 Å². The first-order valence-electron chi connectivity index (χ1n) is 3.18. The summed E-state index contributed by atoms with van der Waals surface area (Å²) in [6, 6.07) is 0.550. The molecule has 1 nitrogen and oxygen atoms in total. The second-order valence-corrected chi connectivity index (χ2v) is 3.64. The van der Waals surface area contributed by atoms with Crippen LogP contribution in [0.5, 0.6) is 0 Å². The van der Waals surface area contributed by atoms with Crippen LogP contribution in [0.1, 0.15) is 13.3 Å². The van der Waals surface area contributed by atoms with E-state index in [1.807, 2.05) is 11.8 Å². The van der Waals surface area contributed by atoms with Crippen molar-refractivity contribution in [1.29, 1.82) is 0 Å². The summed E-state index contributed by atoms with van der Waals surface area (Å²) >= 11 is 2.00. The lowest BCUT2D eigenvalue weighted by Crippen LogP contribution is -2.02. The lowest BCUT2D eigenvalue weighted by atomic mass is 10.5. The van der Waals surface area contributed by atoms with Gasteiger partial charge in [-0.25, -0.2) is 0 Å². The SMILES string of the molecule is CCSC[C@@H]1C[C@H]1N. The molecule has 2 atom stereocenters. The van der Waals surface area contributed by atoms with Gasteiger partial charge in [-0.15, -0.1) is 0 Å². The van der Waals surface area contributed by atoms with Gasteiger partial charge in [-0.3, -0.25) is 0 Å². The van der Waals surface area contributed by atoms with Crippen LogP contribution >= 0.6 is 11.8 Å². The Morgan fingerprint density at radius 2 is 2.38 bits per heavy atom. The standard InChI is InChI=1S/C6H13NS/c1-2-8-4-5-3-6(5)7/h5-6H,2-4,7H2,1H3/t5-,6+/m0/s1. The van der Waals surface area contributed by atoms with Crippen molar-refractivity contribution >= 4 is 11.8 Å². The highest BCUT2D eigenvalue weighted by Gasteiger charge is 2.32. The van der Waals surface area contributed by atoms with Gasteiger partial charge in [0.25, 0.3) is 0 Å². The molecule has 0 unspecified atom stereocenters. The fraction of sp³-hybridized carbons (Fsp3) is 1.00. The molecule has 0 bridgehead atoms. The van der Waals surface area contributed by atoms with Crippen LogP contribution in [0.3, 0.4) is 0 Å². The third-order valence-electron chi connectivity index (χ3n) is 1.51. The van der Waals surface area contributed by atoms with E-state index in [-0.39, 0.29) is 0 Å². The minimum Gasteiger partial charge on any atom is -0.327 e. The zero-order chi connectivity index (χ0) is 5.98. The van der Waals surface area contributed by atoms with Crippen molar-refractivity contribution in [2.24, 2.45) is 11.7 Å². The number of hydrogen-bond acceptors (Lipinski definition) is 2. The average molecular weight is 131 g/mol. The first kappa shape index (κ1) is 6.43. The van der Waals surface area contributed by atoms with Gasteiger partial charge in [0.2, 0.25) is 0 Å². The third-order valence-corrected chi connectivity index (χ3v) is 2.59. The summed E-state index contributed by atoms with van der Waals surface area (Å²) in [5, 5.41) is 0. The monoisotopic (exact) mass is 131 g/mol. The quantitative estimate of drug-likeness (QED) is 0.620. The van der Waals surface area contributed by atoms with Gasteiger partial charge in [-0.05, 0) is 23.8 Å². The van der Waals surface area contributed by atoms with E-state index in [2.05, 4.69) is 6.92 Å². The summed E-state index contributed by atoms with van der Waals surface area (Å²) < 4.78 is 0. The van der Waals surface area contributed by atoms with E-state index in [4.69, 9.17) is 5.73 Å². The molecule has 1 rings (SSSR count). The second-order valence-electron chi connectivity index (χ2n) is 2.32. The molecule has 2 N–H and O–H groups in total. The highest BCUT2D eigenvalue weighted by Crippen LogP contribution is 2.30. The molecule has 1 aliphatic rings. The van der Waals surface area contributed by atoms with Crippen LogP contribution in [0.2, 0.25) is 0 Å². The largest absolute Gasteiger partial charge is 0.327 e. The van der Waals surface area contributed by atoms with Crippen LogP contribution in [0.4, 0.5) is 0 Å². The molecule has 0 heterocycles. The van der Waals surface area contributed by atoms with Gasteiger partial charge in [0.05, 0.1) is 0 Å². The van der Waals surface area contributed by atoms with Crippen molar-refractivity contribution in [3.63, 3.8) is 0 Å². The maximum atomic E-state index is 5.59. The van der Waals surface area contributed by atoms with Gasteiger partial charge >= 0.3 is 0 Å². The molecular weight excluding hydrogens is 118 g/mol. The Morgan fingerprint density at radius 3 is 2.75 bits per heavy atom. The lowest BCUT2D eigenvalue weighted by molar-refractivity contribution is 0.907. The highest BCUT2D eigenvalue weighted by atomic mass is 32.2. The van der Waals surface area contributed by atoms with Gasteiger partial charge in [0.15, 0.2) is 0 Å². The molecule has 0 aliphatic heterocycles. The van der Waals surface area contributed by atoms with Gasteiger partial charge < -0.3 is 5.73 Å². The van der Waals surface area contributed by atoms with Gasteiger partial charge in [-0.1, -0.05) is 6.92 Å². The summed E-state index contributed by atoms with van der Waals surface area (Å²) in [6.07, 6.45) is 1.27. The summed E-state index contributed by atoms with van der Waals surface area (Å²) in [5.41, 5.74) is 5.59. The fourth-order valence-electron chi connectivity index (χ4n) is 0.732. The summed E-state index contributed by atoms with van der Waals surface area (Å²) in [4.78, 5) is 0. The van der Waals surface area contributed by atoms with E-state index in [0.29, 0.717) is 6.04 Å². The Balaban J connectivity index is 1.89. The predicted octanol–water partition coefficient (Wildman–Crippen LogP) is 1.09. The molecule has 0 spiro atoms. The fourth-order valence-corrected chi connectivity index (χ4v) is 1.65. The smallest absolute Gasteiger partial charge is 0.00791 e. The topological polar surface area (TPSA) is 26.0 Å². The van der Waals surface area contributed by atoms with Crippen molar-refractivity contribution in [3.8, 4) is 0 Å². The van der Waals surface area contributed by atoms with E-state index >= 15 is 0 Å². The van der Waals surface area contributed by atoms with Crippen LogP contribution in [0.15, 0.2) is 0 Å². The Bertz CT molecular complexity index is 74.9. The van der Waals surface area contributed by atoms with Gasteiger partial charge in [-0.2, -0.15) is 11.8 Å². The Kier molecular flexibility index (Phi) is 2.20. The van der Waals surface area contributed by atoms with E-state index in [0.717, 1.165) is 5.92 Å². The van der Waals surface area contributed by atoms with Crippen LogP contribution in [0, 0.1) is 5.92 Å². The summed E-state index contributed by atoms with van der Waals surface area (Å²) in [7, 11) is 0. The van der Waals surface area contributed by atoms with Crippen LogP contribution in [0.25, 0.3) is 0 Å². The van der Waals surface area contributed by atoms with Crippen LogP contribution < -0.4 is 5.73 Å². The van der Waals surface area contributed by atoms with E-state index in [1.54, 1.807) is 0 Å². The molecule has 48 valence electrons. The highest BCUT2D eigenvalue weighted by molar-refractivity contribution is 7.99. The molecule has 0 aromatic heterocycles. The van der Waals surface area contributed by atoms with Gasteiger partial charge in [0.1, 0.15) is 0 Å². The molecule has 0 aromatic rings. The average Bonchev–Trinajstić information content (AvgIpc) is 2.42. The van der Waals surface area contributed by atoms with Crippen molar-refractivity contribution in [2.45, 2.75) is 19.4 Å². The number of thioether (sulfide) groups is 1. The molecule has 8 heavy (non-hydrogen) atoms. The maximum absolute atomic E-state index is 5.59. The first-order chi connectivity index (χ1) is 3.84.